The minimum Gasteiger partial charge on any atom is -0.486 e. The van der Waals surface area contributed by atoms with Crippen molar-refractivity contribution in [3.63, 3.8) is 0 Å². The number of nitrogens with zero attached hydrogens (tertiary/aromatic N) is 2. The van der Waals surface area contributed by atoms with Gasteiger partial charge in [-0.1, -0.05) is 12.1 Å². The largest absolute Gasteiger partial charge is 0.486 e. The Morgan fingerprint density at radius 3 is 2.76 bits per heavy atom. The Morgan fingerprint density at radius 1 is 1.16 bits per heavy atom. The van der Waals surface area contributed by atoms with Gasteiger partial charge in [0.15, 0.2) is 11.5 Å². The lowest BCUT2D eigenvalue weighted by Crippen LogP contribution is -2.39. The Bertz CT molecular complexity index is 868. The van der Waals surface area contributed by atoms with Crippen molar-refractivity contribution in [1.82, 2.24) is 14.7 Å². The summed E-state index contributed by atoms with van der Waals surface area (Å²) in [5.41, 5.74) is 1.66. The van der Waals surface area contributed by atoms with Gasteiger partial charge in [-0.05, 0) is 31.0 Å². The fraction of sp³-hybridized carbons (Fsp3) is 0.412. The van der Waals surface area contributed by atoms with Gasteiger partial charge in [0.25, 0.3) is 0 Å². The lowest BCUT2D eigenvalue weighted by atomic mass is 10.2. The Labute approximate surface area is 146 Å². The van der Waals surface area contributed by atoms with Gasteiger partial charge in [0.05, 0.1) is 12.2 Å². The monoisotopic (exact) mass is 361 g/mol. The first-order valence-electron chi connectivity index (χ1n) is 8.26. The van der Waals surface area contributed by atoms with Gasteiger partial charge in [-0.2, -0.15) is 0 Å². The van der Waals surface area contributed by atoms with Crippen LogP contribution in [0, 0.1) is 0 Å². The van der Waals surface area contributed by atoms with E-state index >= 15 is 0 Å². The molecular weight excluding hydrogens is 342 g/mol. The van der Waals surface area contributed by atoms with Crippen LogP contribution in [0.25, 0.3) is 0 Å². The van der Waals surface area contributed by atoms with Gasteiger partial charge in [-0.15, -0.1) is 0 Å². The molecule has 1 N–H and O–H groups in total. The summed E-state index contributed by atoms with van der Waals surface area (Å²) in [7, 11) is -3.51. The molecule has 2 aliphatic rings. The second-order valence-electron chi connectivity index (χ2n) is 6.31. The minimum atomic E-state index is -3.51. The molecule has 8 heteroatoms. The molecule has 1 aliphatic carbocycles. The third-order valence-electron chi connectivity index (χ3n) is 4.19. The first-order valence-corrected chi connectivity index (χ1v) is 9.91. The molecule has 2 aromatic rings. The summed E-state index contributed by atoms with van der Waals surface area (Å²) < 4.78 is 38.5. The van der Waals surface area contributed by atoms with E-state index in [0.717, 1.165) is 18.5 Å². The highest BCUT2D eigenvalue weighted by Crippen LogP contribution is 2.38. The molecule has 1 aromatic carbocycles. The zero-order chi connectivity index (χ0) is 17.3. The van der Waals surface area contributed by atoms with Crippen molar-refractivity contribution < 1.29 is 17.9 Å². The van der Waals surface area contributed by atoms with Crippen LogP contribution < -0.4 is 14.2 Å². The fourth-order valence-electron chi connectivity index (χ4n) is 2.75. The molecule has 1 aromatic heterocycles. The van der Waals surface area contributed by atoms with Crippen LogP contribution in [0.4, 0.5) is 0 Å². The number of nitrogens with one attached hydrogen (secondary N) is 1. The van der Waals surface area contributed by atoms with Crippen LogP contribution in [0.3, 0.4) is 0 Å². The fourth-order valence-corrected chi connectivity index (χ4v) is 3.89. The summed E-state index contributed by atoms with van der Waals surface area (Å²) in [4.78, 5) is 8.37. The van der Waals surface area contributed by atoms with Crippen molar-refractivity contribution in [2.24, 2.45) is 0 Å². The van der Waals surface area contributed by atoms with Crippen LogP contribution in [0.1, 0.15) is 30.1 Å². The van der Waals surface area contributed by atoms with Gasteiger partial charge in [0.2, 0.25) is 10.0 Å². The first kappa shape index (κ1) is 16.3. The SMILES string of the molecule is O=S(=O)(CC1COc2ccccc2O1)NCc1cc(C2CC2)ncn1. The van der Waals surface area contributed by atoms with E-state index in [1.54, 1.807) is 12.1 Å². The van der Waals surface area contributed by atoms with Crippen LogP contribution in [-0.2, 0) is 16.6 Å². The van der Waals surface area contributed by atoms with Gasteiger partial charge < -0.3 is 9.47 Å². The summed E-state index contributed by atoms with van der Waals surface area (Å²) >= 11 is 0. The van der Waals surface area contributed by atoms with Gasteiger partial charge in [-0.25, -0.2) is 23.1 Å². The summed E-state index contributed by atoms with van der Waals surface area (Å²) in [5, 5.41) is 0. The maximum atomic E-state index is 12.3. The number of para-hydroxylation sites is 2. The maximum absolute atomic E-state index is 12.3. The minimum absolute atomic E-state index is 0.148. The van der Waals surface area contributed by atoms with E-state index in [1.165, 1.54) is 6.33 Å². The van der Waals surface area contributed by atoms with E-state index in [1.807, 2.05) is 18.2 Å². The number of hydrogen-bond donors (Lipinski definition) is 1. The normalized spacial score (nSPS) is 19.6. The molecule has 1 unspecified atom stereocenters. The molecule has 4 rings (SSSR count). The van der Waals surface area contributed by atoms with Crippen LogP contribution in [-0.4, -0.2) is 36.8 Å². The van der Waals surface area contributed by atoms with E-state index < -0.39 is 16.1 Å². The summed E-state index contributed by atoms with van der Waals surface area (Å²) in [6.45, 7) is 0.353. The lowest BCUT2D eigenvalue weighted by Gasteiger charge is -2.26. The molecule has 0 saturated heterocycles. The molecule has 7 nitrogen and oxygen atoms in total. The first-order chi connectivity index (χ1) is 12.1. The van der Waals surface area contributed by atoms with E-state index in [9.17, 15) is 8.42 Å². The number of aromatic nitrogens is 2. The molecule has 2 heterocycles. The molecule has 0 bridgehead atoms. The van der Waals surface area contributed by atoms with E-state index in [2.05, 4.69) is 14.7 Å². The second-order valence-corrected chi connectivity index (χ2v) is 8.16. The van der Waals surface area contributed by atoms with Gasteiger partial charge >= 0.3 is 0 Å². The lowest BCUT2D eigenvalue weighted by molar-refractivity contribution is 0.106. The predicted octanol–water partition coefficient (Wildman–Crippen LogP) is 1.61. The van der Waals surface area contributed by atoms with Crippen LogP contribution in [0.5, 0.6) is 11.5 Å². The zero-order valence-corrected chi connectivity index (χ0v) is 14.4. The number of ether oxygens (including phenoxy) is 2. The summed E-state index contributed by atoms with van der Waals surface area (Å²) in [5.74, 6) is 1.55. The number of hydrogen-bond acceptors (Lipinski definition) is 6. The van der Waals surface area contributed by atoms with Crippen LogP contribution >= 0.6 is 0 Å². The Balaban J connectivity index is 1.35. The van der Waals surface area contributed by atoms with Crippen molar-refractivity contribution in [2.75, 3.05) is 12.4 Å². The maximum Gasteiger partial charge on any atom is 0.215 e. The summed E-state index contributed by atoms with van der Waals surface area (Å²) in [6, 6.07) is 9.10. The van der Waals surface area contributed by atoms with Gasteiger partial charge in [-0.3, -0.25) is 0 Å². The molecule has 0 spiro atoms. The third-order valence-corrected chi connectivity index (χ3v) is 5.58. The molecule has 1 saturated carbocycles. The van der Waals surface area contributed by atoms with E-state index in [4.69, 9.17) is 9.47 Å². The van der Waals surface area contributed by atoms with Crippen LogP contribution in [0.15, 0.2) is 36.7 Å². The number of rotatable bonds is 6. The zero-order valence-electron chi connectivity index (χ0n) is 13.6. The highest BCUT2D eigenvalue weighted by atomic mass is 32.2. The van der Waals surface area contributed by atoms with Gasteiger partial charge in [0.1, 0.15) is 24.8 Å². The molecule has 1 atom stereocenters. The van der Waals surface area contributed by atoms with E-state index in [0.29, 0.717) is 23.1 Å². The predicted molar refractivity (Wildman–Crippen MR) is 91.0 cm³/mol. The highest BCUT2D eigenvalue weighted by Gasteiger charge is 2.27. The quantitative estimate of drug-likeness (QED) is 0.841. The molecule has 132 valence electrons. The molecule has 1 fully saturated rings. The standard InChI is InChI=1S/C17H19N3O4S/c21-25(22,10-14-9-23-16-3-1-2-4-17(16)24-14)20-8-13-7-15(12-5-6-12)19-11-18-13/h1-4,7,11-12,14,20H,5-6,8-10H2. The van der Waals surface area contributed by atoms with Gasteiger partial charge in [0, 0.05) is 11.6 Å². The number of fused-ring (bicyclic) bond motifs is 1. The van der Waals surface area contributed by atoms with Crippen molar-refractivity contribution >= 4 is 10.0 Å². The Hall–Kier alpha value is -2.19. The van der Waals surface area contributed by atoms with Crippen molar-refractivity contribution in [2.45, 2.75) is 31.4 Å². The van der Waals surface area contributed by atoms with Crippen LogP contribution in [0.2, 0.25) is 0 Å². The number of benzene rings is 1. The van der Waals surface area contributed by atoms with Crippen molar-refractivity contribution in [3.05, 3.63) is 48.0 Å². The average molecular weight is 361 g/mol. The highest BCUT2D eigenvalue weighted by molar-refractivity contribution is 7.89. The van der Waals surface area contributed by atoms with Crippen molar-refractivity contribution in [3.8, 4) is 11.5 Å². The summed E-state index contributed by atoms with van der Waals surface area (Å²) in [6.07, 6.45) is 3.23. The molecule has 1 aliphatic heterocycles. The average Bonchev–Trinajstić information content (AvgIpc) is 3.45. The van der Waals surface area contributed by atoms with Crippen molar-refractivity contribution in [1.29, 1.82) is 0 Å². The van der Waals surface area contributed by atoms with E-state index in [-0.39, 0.29) is 18.9 Å². The Kier molecular flexibility index (Phi) is 4.30. The second kappa shape index (κ2) is 6.61. The number of sulfonamides is 1. The molecular formula is C17H19N3O4S. The molecule has 0 amide bonds. The molecule has 0 radical (unpaired) electrons. The smallest absolute Gasteiger partial charge is 0.215 e. The third kappa shape index (κ3) is 4.08. The Morgan fingerprint density at radius 2 is 1.96 bits per heavy atom. The topological polar surface area (TPSA) is 90.4 Å². The molecule has 25 heavy (non-hydrogen) atoms.